The lowest BCUT2D eigenvalue weighted by molar-refractivity contribution is 0.181. The number of aromatic amines is 1. The predicted octanol–water partition coefficient (Wildman–Crippen LogP) is 3.17. The van der Waals surface area contributed by atoms with Gasteiger partial charge in [-0.3, -0.25) is 0 Å². The van der Waals surface area contributed by atoms with Crippen molar-refractivity contribution < 1.29 is 19.0 Å². The predicted molar refractivity (Wildman–Crippen MR) is 106 cm³/mol. The minimum atomic E-state index is -0.792. The van der Waals surface area contributed by atoms with Crippen LogP contribution < -0.4 is 15.4 Å². The number of nitrogens with zero attached hydrogens (tertiary/aromatic N) is 2. The van der Waals surface area contributed by atoms with E-state index < -0.39 is 24.6 Å². The molecule has 0 bridgehead atoms. The summed E-state index contributed by atoms with van der Waals surface area (Å²) < 4.78 is 18.6. The highest BCUT2D eigenvalue weighted by Crippen LogP contribution is 2.25. The Kier molecular flexibility index (Phi) is 6.40. The molecule has 29 heavy (non-hydrogen) atoms. The third kappa shape index (κ3) is 5.08. The molecule has 1 amide bonds. The molecule has 3 aromatic rings. The maximum Gasteiger partial charge on any atom is 0.414 e. The van der Waals surface area contributed by atoms with Crippen molar-refractivity contribution in [3.63, 3.8) is 0 Å². The number of carbonyl (C=O) groups excluding carboxylic acids is 1. The molecular formula is C20H22FN5O3. The van der Waals surface area contributed by atoms with Gasteiger partial charge in [-0.2, -0.15) is 0 Å². The lowest BCUT2D eigenvalue weighted by atomic mass is 10.1. The van der Waals surface area contributed by atoms with Crippen molar-refractivity contribution in [1.29, 1.82) is 0 Å². The van der Waals surface area contributed by atoms with E-state index in [-0.39, 0.29) is 5.88 Å². The molecule has 0 spiro atoms. The van der Waals surface area contributed by atoms with Gasteiger partial charge in [-0.1, -0.05) is 12.1 Å². The molecule has 1 unspecified atom stereocenters. The van der Waals surface area contributed by atoms with E-state index in [1.54, 1.807) is 24.5 Å². The van der Waals surface area contributed by atoms with E-state index in [4.69, 9.17) is 4.74 Å². The summed E-state index contributed by atoms with van der Waals surface area (Å²) in [6.07, 6.45) is 2.60. The van der Waals surface area contributed by atoms with Crippen molar-refractivity contribution in [2.75, 3.05) is 18.5 Å². The minimum absolute atomic E-state index is 0.205. The van der Waals surface area contributed by atoms with Crippen LogP contribution in [0.2, 0.25) is 0 Å². The Labute approximate surface area is 167 Å². The van der Waals surface area contributed by atoms with E-state index in [1.807, 2.05) is 13.8 Å². The molecule has 3 rings (SSSR count). The first-order valence-corrected chi connectivity index (χ1v) is 9.11. The second-order valence-corrected chi connectivity index (χ2v) is 6.33. The summed E-state index contributed by atoms with van der Waals surface area (Å²) in [6, 6.07) is 6.49. The van der Waals surface area contributed by atoms with Crippen molar-refractivity contribution >= 4 is 12.0 Å². The van der Waals surface area contributed by atoms with Gasteiger partial charge >= 0.3 is 6.09 Å². The van der Waals surface area contributed by atoms with Crippen LogP contribution in [0.1, 0.15) is 24.1 Å². The van der Waals surface area contributed by atoms with Crippen LogP contribution in [-0.4, -0.2) is 39.3 Å². The number of anilines is 1. The molecule has 0 aliphatic heterocycles. The topological polar surface area (TPSA) is 112 Å². The summed E-state index contributed by atoms with van der Waals surface area (Å²) in [5.74, 6) is 0.258. The molecule has 1 atom stereocenters. The molecule has 152 valence electrons. The molecule has 0 saturated heterocycles. The lowest BCUT2D eigenvalue weighted by Crippen LogP contribution is -2.33. The fourth-order valence-corrected chi connectivity index (χ4v) is 2.78. The summed E-state index contributed by atoms with van der Waals surface area (Å²) in [5, 5.41) is 15.1. The third-order valence-electron chi connectivity index (χ3n) is 4.16. The average molecular weight is 399 g/mol. The number of H-pyrrole nitrogens is 1. The highest BCUT2D eigenvalue weighted by atomic mass is 19.1. The molecular weight excluding hydrogens is 377 g/mol. The van der Waals surface area contributed by atoms with Crippen molar-refractivity contribution in [2.45, 2.75) is 19.9 Å². The van der Waals surface area contributed by atoms with Crippen molar-refractivity contribution in [3.05, 3.63) is 59.7 Å². The van der Waals surface area contributed by atoms with Crippen molar-refractivity contribution in [1.82, 2.24) is 20.3 Å². The van der Waals surface area contributed by atoms with Crippen molar-refractivity contribution in [3.8, 4) is 17.1 Å². The molecule has 1 aromatic carbocycles. The van der Waals surface area contributed by atoms with Crippen LogP contribution in [0.4, 0.5) is 15.1 Å². The Morgan fingerprint density at radius 2 is 2.21 bits per heavy atom. The molecule has 2 aromatic heterocycles. The van der Waals surface area contributed by atoms with Gasteiger partial charge < -0.3 is 25.5 Å². The summed E-state index contributed by atoms with van der Waals surface area (Å²) in [7, 11) is 0. The number of rotatable bonds is 7. The number of ether oxygens (including phenoxy) is 1. The molecule has 0 aliphatic rings. The van der Waals surface area contributed by atoms with E-state index in [9.17, 15) is 14.3 Å². The second-order valence-electron chi connectivity index (χ2n) is 6.33. The van der Waals surface area contributed by atoms with E-state index in [2.05, 4.69) is 25.6 Å². The number of hydrogen-bond acceptors (Lipinski definition) is 6. The normalized spacial score (nSPS) is 11.7. The fourth-order valence-electron chi connectivity index (χ4n) is 2.78. The van der Waals surface area contributed by atoms with E-state index >= 15 is 0 Å². The number of benzene rings is 1. The van der Waals surface area contributed by atoms with Crippen LogP contribution in [0.5, 0.6) is 5.88 Å². The summed E-state index contributed by atoms with van der Waals surface area (Å²) in [4.78, 5) is 23.7. The maximum absolute atomic E-state index is 13.4. The summed E-state index contributed by atoms with van der Waals surface area (Å²) in [6.45, 7) is 4.13. The Morgan fingerprint density at radius 3 is 2.93 bits per heavy atom. The largest absolute Gasteiger partial charge is 0.414 e. The van der Waals surface area contributed by atoms with Crippen LogP contribution in [0.15, 0.2) is 42.7 Å². The number of aliphatic hydroxyl groups is 1. The number of hydrogen-bond donors (Lipinski definition) is 4. The number of amides is 1. The zero-order valence-corrected chi connectivity index (χ0v) is 16.1. The van der Waals surface area contributed by atoms with E-state index in [1.165, 1.54) is 18.2 Å². The highest BCUT2D eigenvalue weighted by Gasteiger charge is 2.17. The Hall–Kier alpha value is -3.46. The SMILES string of the molecule is CCNc1ncc(C)c(-c2c[nH]c(OC(=O)NC(CO)c3cccc(F)c3)c2)n1. The first-order valence-electron chi connectivity index (χ1n) is 9.11. The zero-order valence-electron chi connectivity index (χ0n) is 16.1. The number of aliphatic hydroxyl groups excluding tert-OH is 1. The number of carbonyl (C=O) groups is 1. The standard InChI is InChI=1S/C20H22FN5O3/c1-3-22-19-24-9-12(2)18(26-19)14-8-17(23-10-14)29-20(28)25-16(11-27)13-5-4-6-15(21)7-13/h4-10,16,23,27H,3,11H2,1-2H3,(H,25,28)(H,22,24,26). The van der Waals surface area contributed by atoms with Gasteiger partial charge in [0, 0.05) is 30.6 Å². The molecule has 0 aliphatic carbocycles. The smallest absolute Gasteiger partial charge is 0.394 e. The van der Waals surface area contributed by atoms with Crippen LogP contribution in [-0.2, 0) is 0 Å². The van der Waals surface area contributed by atoms with Crippen LogP contribution >= 0.6 is 0 Å². The fraction of sp³-hybridized carbons (Fsp3) is 0.250. The number of aryl methyl sites for hydroxylation is 1. The van der Waals surface area contributed by atoms with Gasteiger partial charge in [0.25, 0.3) is 0 Å². The van der Waals surface area contributed by atoms with Gasteiger partial charge in [-0.15, -0.1) is 0 Å². The number of aromatic nitrogens is 3. The molecule has 0 fully saturated rings. The highest BCUT2D eigenvalue weighted by molar-refractivity contribution is 5.72. The molecule has 4 N–H and O–H groups in total. The van der Waals surface area contributed by atoms with E-state index in [0.717, 1.165) is 11.1 Å². The molecule has 9 heteroatoms. The second kappa shape index (κ2) is 9.16. The van der Waals surface area contributed by atoms with Gasteiger partial charge in [0.05, 0.1) is 18.3 Å². The summed E-state index contributed by atoms with van der Waals surface area (Å²) in [5.41, 5.74) is 2.74. The average Bonchev–Trinajstić information content (AvgIpc) is 3.16. The van der Waals surface area contributed by atoms with Gasteiger partial charge in [-0.05, 0) is 37.1 Å². The van der Waals surface area contributed by atoms with Crippen LogP contribution in [0.3, 0.4) is 0 Å². The maximum atomic E-state index is 13.4. The lowest BCUT2D eigenvalue weighted by Gasteiger charge is -2.16. The minimum Gasteiger partial charge on any atom is -0.394 e. The first kappa shape index (κ1) is 20.3. The molecule has 8 nitrogen and oxygen atoms in total. The summed E-state index contributed by atoms with van der Waals surface area (Å²) >= 11 is 0. The third-order valence-corrected chi connectivity index (χ3v) is 4.16. The first-order chi connectivity index (χ1) is 14.0. The van der Waals surface area contributed by atoms with Gasteiger partial charge in [-0.25, -0.2) is 19.2 Å². The van der Waals surface area contributed by atoms with E-state index in [0.29, 0.717) is 23.8 Å². The van der Waals surface area contributed by atoms with Crippen molar-refractivity contribution in [2.24, 2.45) is 0 Å². The van der Waals surface area contributed by atoms with Gasteiger partial charge in [0.2, 0.25) is 11.8 Å². The monoisotopic (exact) mass is 399 g/mol. The Balaban J connectivity index is 1.70. The van der Waals surface area contributed by atoms with Crippen LogP contribution in [0.25, 0.3) is 11.3 Å². The van der Waals surface area contributed by atoms with Crippen LogP contribution in [0, 0.1) is 12.7 Å². The Bertz CT molecular complexity index is 992. The van der Waals surface area contributed by atoms with Gasteiger partial charge in [0.15, 0.2) is 0 Å². The Morgan fingerprint density at radius 1 is 1.38 bits per heavy atom. The molecule has 2 heterocycles. The van der Waals surface area contributed by atoms with Gasteiger partial charge in [0.1, 0.15) is 5.82 Å². The quantitative estimate of drug-likeness (QED) is 0.486. The zero-order chi connectivity index (χ0) is 20.8. The molecule has 0 saturated carbocycles. The molecule has 0 radical (unpaired) electrons. The number of nitrogens with one attached hydrogen (secondary N) is 3. The number of halogens is 1.